The highest BCUT2D eigenvalue weighted by Crippen LogP contribution is 2.28. The number of anilines is 3. The molecule has 5 heteroatoms. The molecule has 0 aliphatic carbocycles. The molecule has 0 radical (unpaired) electrons. The quantitative estimate of drug-likeness (QED) is 0.811. The Hall–Kier alpha value is -2.25. The van der Waals surface area contributed by atoms with Crippen molar-refractivity contribution >= 4 is 28.7 Å². The third-order valence-corrected chi connectivity index (χ3v) is 2.66. The van der Waals surface area contributed by atoms with Crippen LogP contribution in [0.2, 0.25) is 5.02 Å². The van der Waals surface area contributed by atoms with E-state index in [-0.39, 0.29) is 11.4 Å². The van der Waals surface area contributed by atoms with Gasteiger partial charge in [-0.2, -0.15) is 5.26 Å². The predicted octanol–water partition coefficient (Wildman–Crippen LogP) is 3.68. The number of nitrogens with zero attached hydrogens (tertiary/aromatic N) is 1. The first-order chi connectivity index (χ1) is 8.61. The van der Waals surface area contributed by atoms with E-state index in [1.807, 2.05) is 6.07 Å². The molecular formula is C13H9ClFN3. The number of hydrogen-bond acceptors (Lipinski definition) is 3. The monoisotopic (exact) mass is 261 g/mol. The number of nitrogen functional groups attached to an aromatic ring is 1. The molecule has 0 aliphatic heterocycles. The van der Waals surface area contributed by atoms with Gasteiger partial charge in [-0.3, -0.25) is 0 Å². The van der Waals surface area contributed by atoms with Crippen LogP contribution in [0.3, 0.4) is 0 Å². The Bertz CT molecular complexity index is 635. The molecule has 0 saturated heterocycles. The van der Waals surface area contributed by atoms with Gasteiger partial charge in [-0.15, -0.1) is 0 Å². The SMILES string of the molecule is N#Cc1cccc(Nc2cc(Cl)ccc2F)c1N. The van der Waals surface area contributed by atoms with E-state index in [2.05, 4.69) is 5.32 Å². The van der Waals surface area contributed by atoms with Crippen LogP contribution in [0.1, 0.15) is 5.56 Å². The number of halogens is 2. The summed E-state index contributed by atoms with van der Waals surface area (Å²) in [7, 11) is 0. The van der Waals surface area contributed by atoms with E-state index in [1.165, 1.54) is 18.2 Å². The van der Waals surface area contributed by atoms with Gasteiger partial charge in [0.1, 0.15) is 11.9 Å². The Balaban J connectivity index is 2.41. The van der Waals surface area contributed by atoms with Gasteiger partial charge in [-0.25, -0.2) is 4.39 Å². The molecule has 0 unspecified atom stereocenters. The van der Waals surface area contributed by atoms with Gasteiger partial charge in [-0.05, 0) is 30.3 Å². The van der Waals surface area contributed by atoms with E-state index in [0.29, 0.717) is 16.3 Å². The highest BCUT2D eigenvalue weighted by atomic mass is 35.5. The Morgan fingerprint density at radius 3 is 2.72 bits per heavy atom. The largest absolute Gasteiger partial charge is 0.396 e. The van der Waals surface area contributed by atoms with Crippen LogP contribution in [0, 0.1) is 17.1 Å². The molecule has 0 aliphatic rings. The average Bonchev–Trinajstić information content (AvgIpc) is 2.36. The number of nitrogens with two attached hydrogens (primary N) is 1. The lowest BCUT2D eigenvalue weighted by molar-refractivity contribution is 0.632. The Morgan fingerprint density at radius 2 is 2.00 bits per heavy atom. The minimum atomic E-state index is -0.443. The van der Waals surface area contributed by atoms with Gasteiger partial charge >= 0.3 is 0 Å². The number of para-hydroxylation sites is 1. The highest BCUT2D eigenvalue weighted by molar-refractivity contribution is 6.30. The lowest BCUT2D eigenvalue weighted by Crippen LogP contribution is -2.00. The number of hydrogen-bond donors (Lipinski definition) is 2. The summed E-state index contributed by atoms with van der Waals surface area (Å²) in [4.78, 5) is 0. The summed E-state index contributed by atoms with van der Waals surface area (Å²) in [5.74, 6) is -0.443. The van der Waals surface area contributed by atoms with E-state index >= 15 is 0 Å². The molecular weight excluding hydrogens is 253 g/mol. The molecule has 90 valence electrons. The zero-order valence-corrected chi connectivity index (χ0v) is 10.0. The van der Waals surface area contributed by atoms with Crippen molar-refractivity contribution < 1.29 is 4.39 Å². The van der Waals surface area contributed by atoms with Gasteiger partial charge in [-0.1, -0.05) is 17.7 Å². The first-order valence-corrected chi connectivity index (χ1v) is 5.50. The van der Waals surface area contributed by atoms with Gasteiger partial charge < -0.3 is 11.1 Å². The third kappa shape index (κ3) is 2.36. The van der Waals surface area contributed by atoms with Crippen molar-refractivity contribution in [2.75, 3.05) is 11.1 Å². The van der Waals surface area contributed by atoms with Crippen LogP contribution in [0.4, 0.5) is 21.5 Å². The van der Waals surface area contributed by atoms with Crippen molar-refractivity contribution in [1.82, 2.24) is 0 Å². The molecule has 0 atom stereocenters. The van der Waals surface area contributed by atoms with Crippen molar-refractivity contribution in [1.29, 1.82) is 5.26 Å². The van der Waals surface area contributed by atoms with E-state index in [4.69, 9.17) is 22.6 Å². The van der Waals surface area contributed by atoms with Crippen LogP contribution in [0.15, 0.2) is 36.4 Å². The molecule has 0 aromatic heterocycles. The maximum Gasteiger partial charge on any atom is 0.146 e. The van der Waals surface area contributed by atoms with E-state index < -0.39 is 5.82 Å². The standard InChI is InChI=1S/C13H9ClFN3/c14-9-4-5-10(15)12(6-9)18-11-3-1-2-8(7-16)13(11)17/h1-6,18H,17H2. The molecule has 2 aromatic carbocycles. The van der Waals surface area contributed by atoms with Crippen molar-refractivity contribution in [2.24, 2.45) is 0 Å². The Kier molecular flexibility index (Phi) is 3.35. The second kappa shape index (κ2) is 4.94. The van der Waals surface area contributed by atoms with Crippen molar-refractivity contribution in [3.05, 3.63) is 52.8 Å². The summed E-state index contributed by atoms with van der Waals surface area (Å²) in [5.41, 5.74) is 7.08. The van der Waals surface area contributed by atoms with Crippen molar-refractivity contribution in [3.63, 3.8) is 0 Å². The van der Waals surface area contributed by atoms with Gasteiger partial charge in [0, 0.05) is 5.02 Å². The Morgan fingerprint density at radius 1 is 1.22 bits per heavy atom. The fourth-order valence-corrected chi connectivity index (χ4v) is 1.68. The van der Waals surface area contributed by atoms with Gasteiger partial charge in [0.25, 0.3) is 0 Å². The predicted molar refractivity (Wildman–Crippen MR) is 70.3 cm³/mol. The molecule has 3 nitrogen and oxygen atoms in total. The normalized spacial score (nSPS) is 9.83. The van der Waals surface area contributed by atoms with Crippen LogP contribution in [-0.4, -0.2) is 0 Å². The van der Waals surface area contributed by atoms with E-state index in [0.717, 1.165) is 0 Å². The lowest BCUT2D eigenvalue weighted by atomic mass is 10.1. The fraction of sp³-hybridized carbons (Fsp3) is 0. The average molecular weight is 262 g/mol. The van der Waals surface area contributed by atoms with Crippen LogP contribution >= 0.6 is 11.6 Å². The molecule has 3 N–H and O–H groups in total. The molecule has 0 spiro atoms. The molecule has 2 aromatic rings. The second-order valence-electron chi connectivity index (χ2n) is 3.63. The molecule has 0 bridgehead atoms. The van der Waals surface area contributed by atoms with Crippen LogP contribution in [0.5, 0.6) is 0 Å². The molecule has 2 rings (SSSR count). The summed E-state index contributed by atoms with van der Waals surface area (Å²) >= 11 is 5.79. The summed E-state index contributed by atoms with van der Waals surface area (Å²) in [5, 5.41) is 12.1. The minimum absolute atomic E-state index is 0.212. The highest BCUT2D eigenvalue weighted by Gasteiger charge is 2.08. The minimum Gasteiger partial charge on any atom is -0.396 e. The van der Waals surface area contributed by atoms with Crippen molar-refractivity contribution in [2.45, 2.75) is 0 Å². The molecule has 0 amide bonds. The maximum absolute atomic E-state index is 13.5. The molecule has 18 heavy (non-hydrogen) atoms. The smallest absolute Gasteiger partial charge is 0.146 e. The van der Waals surface area contributed by atoms with E-state index in [9.17, 15) is 4.39 Å². The summed E-state index contributed by atoms with van der Waals surface area (Å²) in [6, 6.07) is 11.1. The number of rotatable bonds is 2. The van der Waals surface area contributed by atoms with Gasteiger partial charge in [0.05, 0.1) is 22.6 Å². The van der Waals surface area contributed by atoms with Gasteiger partial charge in [0.15, 0.2) is 0 Å². The zero-order chi connectivity index (χ0) is 13.1. The first kappa shape index (κ1) is 12.2. The van der Waals surface area contributed by atoms with Crippen LogP contribution in [-0.2, 0) is 0 Å². The molecule has 0 saturated carbocycles. The van der Waals surface area contributed by atoms with Crippen molar-refractivity contribution in [3.8, 4) is 6.07 Å². The number of nitriles is 1. The zero-order valence-electron chi connectivity index (χ0n) is 9.24. The number of nitrogens with one attached hydrogen (secondary N) is 1. The summed E-state index contributed by atoms with van der Waals surface area (Å²) in [6.07, 6.45) is 0. The first-order valence-electron chi connectivity index (χ1n) is 5.12. The number of benzene rings is 2. The van der Waals surface area contributed by atoms with Crippen LogP contribution < -0.4 is 11.1 Å². The molecule has 0 heterocycles. The Labute approximate surface area is 109 Å². The lowest BCUT2D eigenvalue weighted by Gasteiger charge is -2.11. The third-order valence-electron chi connectivity index (χ3n) is 2.42. The topological polar surface area (TPSA) is 61.8 Å². The van der Waals surface area contributed by atoms with Crippen LogP contribution in [0.25, 0.3) is 0 Å². The van der Waals surface area contributed by atoms with E-state index in [1.54, 1.807) is 18.2 Å². The molecule has 0 fully saturated rings. The second-order valence-corrected chi connectivity index (χ2v) is 4.06. The summed E-state index contributed by atoms with van der Waals surface area (Å²) < 4.78 is 13.5. The summed E-state index contributed by atoms with van der Waals surface area (Å²) in [6.45, 7) is 0. The fourth-order valence-electron chi connectivity index (χ4n) is 1.51. The van der Waals surface area contributed by atoms with Gasteiger partial charge in [0.2, 0.25) is 0 Å². The maximum atomic E-state index is 13.5.